The van der Waals surface area contributed by atoms with Crippen molar-refractivity contribution in [3.05, 3.63) is 92.6 Å². The van der Waals surface area contributed by atoms with Crippen molar-refractivity contribution in [2.24, 2.45) is 0 Å². The van der Waals surface area contributed by atoms with Gasteiger partial charge in [-0.15, -0.1) is 0 Å². The van der Waals surface area contributed by atoms with Crippen LogP contribution in [0.4, 0.5) is 52.7 Å². The smallest absolute Gasteiger partial charge is 0.232 e. The molecule has 0 spiro atoms. The van der Waals surface area contributed by atoms with Crippen LogP contribution >= 0.6 is 0 Å². The molecule has 3 rings (SSSR count). The van der Waals surface area contributed by atoms with E-state index in [1.54, 1.807) is 6.07 Å². The molecule has 0 radical (unpaired) electrons. The maximum atomic E-state index is 14.0. The average molecular weight is 606 g/mol. The predicted octanol–water partition coefficient (Wildman–Crippen LogP) is 8.67. The maximum absolute atomic E-state index is 14.0. The van der Waals surface area contributed by atoms with E-state index < -0.39 is 85.4 Å². The first-order valence-corrected chi connectivity index (χ1v) is 11.3. The lowest BCUT2D eigenvalue weighted by molar-refractivity contribution is -0.143. The number of halogens is 12. The van der Waals surface area contributed by atoms with E-state index in [9.17, 15) is 57.9 Å². The van der Waals surface area contributed by atoms with Gasteiger partial charge in [-0.2, -0.15) is 57.9 Å². The van der Waals surface area contributed by atoms with Crippen molar-refractivity contribution >= 4 is 11.3 Å². The van der Waals surface area contributed by atoms with Crippen molar-refractivity contribution in [2.45, 2.75) is 38.6 Å². The second-order valence-electron chi connectivity index (χ2n) is 9.02. The molecule has 0 aliphatic heterocycles. The fourth-order valence-electron chi connectivity index (χ4n) is 4.13. The van der Waals surface area contributed by atoms with E-state index in [0.717, 1.165) is 19.1 Å². The largest absolute Gasteiger partial charge is 0.420 e. The summed E-state index contributed by atoms with van der Waals surface area (Å²) >= 11 is 0. The van der Waals surface area contributed by atoms with Crippen LogP contribution < -0.4 is 10.4 Å². The second-order valence-corrected chi connectivity index (χ2v) is 9.02. The quantitative estimate of drug-likeness (QED) is 0.212. The van der Waals surface area contributed by atoms with Crippen molar-refractivity contribution < 1.29 is 52.7 Å². The topological polar surface area (TPSA) is 28.1 Å². The monoisotopic (exact) mass is 606 g/mol. The summed E-state index contributed by atoms with van der Waals surface area (Å²) in [6.07, 6.45) is -21.1. The van der Waals surface area contributed by atoms with E-state index >= 15 is 0 Å². The molecule has 3 aromatic carbocycles. The van der Waals surface area contributed by atoms with Crippen LogP contribution in [0.15, 0.2) is 48.5 Å². The normalized spacial score (nSPS) is 14.2. The molecule has 0 bridgehead atoms. The van der Waals surface area contributed by atoms with Gasteiger partial charge in [0.05, 0.1) is 29.3 Å². The zero-order valence-electron chi connectivity index (χ0n) is 21.0. The fraction of sp³-hybridized carbons (Fsp3) is 0.214. The van der Waals surface area contributed by atoms with Gasteiger partial charge in [0, 0.05) is 5.57 Å². The van der Waals surface area contributed by atoms with Gasteiger partial charge in [-0.05, 0) is 88.5 Å². The summed E-state index contributed by atoms with van der Waals surface area (Å²) in [7, 11) is 0. The lowest BCUT2D eigenvalue weighted by atomic mass is 9.90. The van der Waals surface area contributed by atoms with Gasteiger partial charge in [-0.25, -0.2) is 4.85 Å². The van der Waals surface area contributed by atoms with E-state index in [2.05, 4.69) is 4.85 Å². The summed E-state index contributed by atoms with van der Waals surface area (Å²) in [6.45, 7) is 9.37. The van der Waals surface area contributed by atoms with Crippen LogP contribution in [0.5, 0.6) is 0 Å². The highest BCUT2D eigenvalue weighted by Crippen LogP contribution is 2.39. The molecule has 14 heteroatoms. The number of nitrogens with zero attached hydrogens (tertiary/aromatic N) is 2. The van der Waals surface area contributed by atoms with Crippen LogP contribution in [0.25, 0.3) is 38.4 Å². The third-order valence-corrected chi connectivity index (χ3v) is 5.98. The highest BCUT2D eigenvalue weighted by Gasteiger charge is 2.39. The first kappa shape index (κ1) is 32.1. The Bertz CT molecular complexity index is 1730. The summed E-state index contributed by atoms with van der Waals surface area (Å²) in [5.74, 6) is 0. The summed E-state index contributed by atoms with van der Waals surface area (Å²) in [5, 5.41) is 7.92. The van der Waals surface area contributed by atoms with E-state index in [1.165, 1.54) is 6.92 Å². The van der Waals surface area contributed by atoms with E-state index in [-0.39, 0.29) is 23.8 Å². The Labute approximate surface area is 229 Å². The van der Waals surface area contributed by atoms with Gasteiger partial charge in [0.25, 0.3) is 5.70 Å². The summed E-state index contributed by atoms with van der Waals surface area (Å²) in [6, 6.07) is 5.24. The molecule has 3 aromatic rings. The molecular formula is C28H14F12N2. The fourth-order valence-corrected chi connectivity index (χ4v) is 4.13. The van der Waals surface area contributed by atoms with Gasteiger partial charge in [0.15, 0.2) is 0 Å². The molecule has 0 unspecified atom stereocenters. The zero-order valence-corrected chi connectivity index (χ0v) is 21.0. The Morgan fingerprint density at radius 3 is 1.45 bits per heavy atom. The van der Waals surface area contributed by atoms with Gasteiger partial charge in [0.1, 0.15) is 0 Å². The van der Waals surface area contributed by atoms with Gasteiger partial charge >= 0.3 is 24.7 Å². The van der Waals surface area contributed by atoms with Gasteiger partial charge in [-0.1, -0.05) is 12.1 Å². The van der Waals surface area contributed by atoms with Crippen molar-refractivity contribution in [3.8, 4) is 28.3 Å². The molecule has 0 atom stereocenters. The van der Waals surface area contributed by atoms with E-state index in [1.807, 2.05) is 0 Å². The summed E-state index contributed by atoms with van der Waals surface area (Å²) in [5.41, 5.74) is -10.2. The number of hydrogen-bond acceptors (Lipinski definition) is 1. The van der Waals surface area contributed by atoms with Crippen molar-refractivity contribution in [1.29, 1.82) is 5.26 Å². The Balaban J connectivity index is 2.69. The van der Waals surface area contributed by atoms with E-state index in [4.69, 9.17) is 6.57 Å². The van der Waals surface area contributed by atoms with Crippen LogP contribution in [-0.4, -0.2) is 6.18 Å². The molecule has 0 saturated carbocycles. The molecule has 0 amide bonds. The third-order valence-electron chi connectivity index (χ3n) is 5.98. The molecule has 0 aromatic heterocycles. The molecule has 0 aliphatic carbocycles. The number of benzene rings is 3. The zero-order chi connectivity index (χ0) is 32.0. The molecule has 0 saturated heterocycles. The standard InChI is InChI=1S/C28H14F12N2/c1-13-4-15(6-17(5-13)25(29,30)31)22-10-20(14(2)12-41)21(11-23(22)24(42-3)28(38,39)40)16-7-18(26(32,33)34)9-19(8-16)27(35,36)37/h4-11H,1-2H3/b20-14-,24-23-. The Morgan fingerprint density at radius 2 is 1.05 bits per heavy atom. The van der Waals surface area contributed by atoms with Crippen molar-refractivity contribution in [1.82, 2.24) is 0 Å². The van der Waals surface area contributed by atoms with Crippen LogP contribution in [0.1, 0.15) is 29.2 Å². The molecule has 0 fully saturated rings. The third kappa shape index (κ3) is 6.70. The lowest BCUT2D eigenvalue weighted by Gasteiger charge is -2.17. The second kappa shape index (κ2) is 10.7. The van der Waals surface area contributed by atoms with Crippen molar-refractivity contribution in [2.75, 3.05) is 0 Å². The highest BCUT2D eigenvalue weighted by molar-refractivity contribution is 5.80. The molecular weight excluding hydrogens is 592 g/mol. The lowest BCUT2D eigenvalue weighted by Crippen LogP contribution is -2.24. The first-order chi connectivity index (χ1) is 19.1. The van der Waals surface area contributed by atoms with Crippen LogP contribution in [0.2, 0.25) is 0 Å². The van der Waals surface area contributed by atoms with E-state index in [0.29, 0.717) is 18.2 Å². The predicted molar refractivity (Wildman–Crippen MR) is 127 cm³/mol. The Morgan fingerprint density at radius 1 is 0.643 bits per heavy atom. The van der Waals surface area contributed by atoms with Gasteiger partial charge < -0.3 is 0 Å². The number of hydrogen-bond donors (Lipinski definition) is 0. The minimum atomic E-state index is -5.44. The summed E-state index contributed by atoms with van der Waals surface area (Å²) in [4.78, 5) is 2.44. The van der Waals surface area contributed by atoms with Crippen LogP contribution in [0.3, 0.4) is 0 Å². The number of alkyl halides is 12. The number of rotatable bonds is 2. The minimum Gasteiger partial charge on any atom is -0.232 e. The summed E-state index contributed by atoms with van der Waals surface area (Å²) < 4.78 is 164. The van der Waals surface area contributed by atoms with Crippen molar-refractivity contribution in [3.63, 3.8) is 0 Å². The Kier molecular flexibility index (Phi) is 8.20. The van der Waals surface area contributed by atoms with Gasteiger partial charge in [-0.3, -0.25) is 0 Å². The van der Waals surface area contributed by atoms with Gasteiger partial charge in [0.2, 0.25) is 0 Å². The Hall–Kier alpha value is -4.46. The van der Waals surface area contributed by atoms with Crippen LogP contribution in [-0.2, 0) is 18.5 Å². The van der Waals surface area contributed by atoms with Crippen LogP contribution in [0, 0.1) is 24.8 Å². The SMILES string of the molecule is [C-]#[N+]/C(=c1/cc(-c2cc(C(F)(F)F)cc(C(F)(F)F)c2)/c(=C(/C)C#N)cc1-c1cc(C)cc(C(F)(F)F)c1)C(F)(F)F. The highest BCUT2D eigenvalue weighted by atomic mass is 19.4. The number of aryl methyl sites for hydroxylation is 1. The molecule has 220 valence electrons. The minimum absolute atomic E-state index is 0.0681. The first-order valence-electron chi connectivity index (χ1n) is 11.3. The molecule has 0 heterocycles. The molecule has 0 N–H and O–H groups in total. The molecule has 0 aliphatic rings. The molecule has 2 nitrogen and oxygen atoms in total. The average Bonchev–Trinajstić information content (AvgIpc) is 2.85. The number of nitriles is 1. The molecule has 42 heavy (non-hydrogen) atoms. The maximum Gasteiger partial charge on any atom is 0.420 e.